The van der Waals surface area contributed by atoms with Crippen LogP contribution >= 0.6 is 0 Å². The number of hydrogen-bond donors (Lipinski definition) is 1. The van der Waals surface area contributed by atoms with Crippen LogP contribution in [0.4, 0.5) is 0 Å². The van der Waals surface area contributed by atoms with E-state index in [1.54, 1.807) is 0 Å². The zero-order valence-electron chi connectivity index (χ0n) is 11.5. The summed E-state index contributed by atoms with van der Waals surface area (Å²) in [5.41, 5.74) is 0. The molecular weight excluding hydrogens is 212 g/mol. The van der Waals surface area contributed by atoms with Crippen molar-refractivity contribution in [1.82, 2.24) is 0 Å². The molecule has 0 aromatic rings. The topological polar surface area (TPSA) is 29.5 Å². The molecule has 2 heteroatoms. The van der Waals surface area contributed by atoms with Crippen LogP contribution in [0.2, 0.25) is 0 Å². The first-order valence-electron chi connectivity index (χ1n) is 7.47. The van der Waals surface area contributed by atoms with Gasteiger partial charge >= 0.3 is 0 Å². The van der Waals surface area contributed by atoms with E-state index < -0.39 is 0 Å². The molecule has 0 atom stereocenters. The fourth-order valence-corrected chi connectivity index (χ4v) is 3.11. The molecule has 2 saturated carbocycles. The summed E-state index contributed by atoms with van der Waals surface area (Å²) in [5.74, 6) is 1.78. The van der Waals surface area contributed by atoms with Crippen molar-refractivity contribution >= 4 is 0 Å². The second-order valence-electron chi connectivity index (χ2n) is 5.55. The maximum atomic E-state index is 7.00. The van der Waals surface area contributed by atoms with E-state index in [4.69, 9.17) is 9.84 Å². The first-order valence-corrected chi connectivity index (χ1v) is 7.47. The molecule has 0 radical (unpaired) electrons. The summed E-state index contributed by atoms with van der Waals surface area (Å²) in [7, 11) is 1.00. The van der Waals surface area contributed by atoms with Crippen LogP contribution in [0.25, 0.3) is 0 Å². The van der Waals surface area contributed by atoms with Crippen LogP contribution in [-0.2, 0) is 4.74 Å². The quantitative estimate of drug-likeness (QED) is 0.813. The van der Waals surface area contributed by atoms with Gasteiger partial charge in [0.15, 0.2) is 0 Å². The Labute approximate surface area is 107 Å². The standard InChI is InChI=1S/C14H26O.CH4O/c1-3-7-13(8-4-1)11-15-12-14-9-5-2-6-10-14;1-2/h13-14H,1-12H2;2H,1H3. The van der Waals surface area contributed by atoms with E-state index in [1.165, 1.54) is 64.2 Å². The van der Waals surface area contributed by atoms with Gasteiger partial charge in [0.2, 0.25) is 0 Å². The summed E-state index contributed by atoms with van der Waals surface area (Å²) in [5, 5.41) is 7.00. The molecule has 2 aliphatic carbocycles. The highest BCUT2D eigenvalue weighted by molar-refractivity contribution is 4.67. The number of aliphatic hydroxyl groups is 1. The molecule has 2 aliphatic rings. The van der Waals surface area contributed by atoms with E-state index >= 15 is 0 Å². The molecule has 2 rings (SSSR count). The lowest BCUT2D eigenvalue weighted by Crippen LogP contribution is -2.18. The van der Waals surface area contributed by atoms with Crippen molar-refractivity contribution in [2.45, 2.75) is 64.2 Å². The maximum Gasteiger partial charge on any atom is 0.0494 e. The summed E-state index contributed by atoms with van der Waals surface area (Å²) in [6.45, 7) is 2.10. The molecule has 102 valence electrons. The van der Waals surface area contributed by atoms with Gasteiger partial charge in [0.25, 0.3) is 0 Å². The third-order valence-corrected chi connectivity index (χ3v) is 4.16. The van der Waals surface area contributed by atoms with Crippen molar-refractivity contribution in [3.63, 3.8) is 0 Å². The SMILES string of the molecule is C1CCC(COCC2CCCCC2)CC1.CO. The van der Waals surface area contributed by atoms with Crippen LogP contribution in [-0.4, -0.2) is 25.4 Å². The Morgan fingerprint density at radius 2 is 1.06 bits per heavy atom. The average Bonchev–Trinajstić information content (AvgIpc) is 2.43. The van der Waals surface area contributed by atoms with E-state index in [2.05, 4.69) is 0 Å². The molecule has 17 heavy (non-hydrogen) atoms. The third kappa shape index (κ3) is 6.42. The van der Waals surface area contributed by atoms with E-state index in [0.717, 1.165) is 32.2 Å². The van der Waals surface area contributed by atoms with Crippen LogP contribution in [0.15, 0.2) is 0 Å². The number of ether oxygens (including phenoxy) is 1. The summed E-state index contributed by atoms with van der Waals surface area (Å²) in [6.07, 6.45) is 14.4. The number of aliphatic hydroxyl groups excluding tert-OH is 1. The summed E-state index contributed by atoms with van der Waals surface area (Å²) in [6, 6.07) is 0. The second kappa shape index (κ2) is 9.90. The van der Waals surface area contributed by atoms with Crippen molar-refractivity contribution in [3.8, 4) is 0 Å². The zero-order valence-corrected chi connectivity index (χ0v) is 11.5. The minimum atomic E-state index is 0.891. The Bertz CT molecular complexity index is 140. The van der Waals surface area contributed by atoms with Gasteiger partial charge in [-0.2, -0.15) is 0 Å². The van der Waals surface area contributed by atoms with Crippen LogP contribution in [0.5, 0.6) is 0 Å². The predicted octanol–water partition coefficient (Wildman–Crippen LogP) is 3.77. The highest BCUT2D eigenvalue weighted by atomic mass is 16.5. The van der Waals surface area contributed by atoms with Gasteiger partial charge in [-0.1, -0.05) is 38.5 Å². The van der Waals surface area contributed by atoms with E-state index in [1.807, 2.05) is 0 Å². The maximum absolute atomic E-state index is 7.00. The first-order chi connectivity index (χ1) is 8.45. The molecule has 1 N–H and O–H groups in total. The van der Waals surface area contributed by atoms with Crippen molar-refractivity contribution in [3.05, 3.63) is 0 Å². The Balaban J connectivity index is 0.000000686. The van der Waals surface area contributed by atoms with Crippen molar-refractivity contribution in [2.75, 3.05) is 20.3 Å². The van der Waals surface area contributed by atoms with Gasteiger partial charge in [0, 0.05) is 20.3 Å². The molecule has 0 amide bonds. The van der Waals surface area contributed by atoms with E-state index in [-0.39, 0.29) is 0 Å². The predicted molar refractivity (Wildman–Crippen MR) is 72.1 cm³/mol. The van der Waals surface area contributed by atoms with Crippen LogP contribution in [0.1, 0.15) is 64.2 Å². The third-order valence-electron chi connectivity index (χ3n) is 4.16. The fourth-order valence-electron chi connectivity index (χ4n) is 3.11. The molecular formula is C15H30O2. The molecule has 0 aromatic heterocycles. The molecule has 0 saturated heterocycles. The summed E-state index contributed by atoms with van der Waals surface area (Å²) < 4.78 is 5.91. The monoisotopic (exact) mass is 242 g/mol. The largest absolute Gasteiger partial charge is 0.400 e. The van der Waals surface area contributed by atoms with E-state index in [0.29, 0.717) is 0 Å². The van der Waals surface area contributed by atoms with Crippen LogP contribution < -0.4 is 0 Å². The Morgan fingerprint density at radius 3 is 1.41 bits per heavy atom. The Morgan fingerprint density at radius 1 is 0.706 bits per heavy atom. The van der Waals surface area contributed by atoms with Gasteiger partial charge in [-0.25, -0.2) is 0 Å². The smallest absolute Gasteiger partial charge is 0.0494 e. The lowest BCUT2D eigenvalue weighted by atomic mass is 9.89. The van der Waals surface area contributed by atoms with Gasteiger partial charge in [0.05, 0.1) is 0 Å². The van der Waals surface area contributed by atoms with Crippen molar-refractivity contribution in [1.29, 1.82) is 0 Å². The number of rotatable bonds is 4. The Hall–Kier alpha value is -0.0800. The molecule has 0 spiro atoms. The molecule has 0 heterocycles. The van der Waals surface area contributed by atoms with Gasteiger partial charge in [-0.05, 0) is 37.5 Å². The summed E-state index contributed by atoms with van der Waals surface area (Å²) >= 11 is 0. The summed E-state index contributed by atoms with van der Waals surface area (Å²) in [4.78, 5) is 0. The molecule has 2 nitrogen and oxygen atoms in total. The average molecular weight is 242 g/mol. The van der Waals surface area contributed by atoms with Gasteiger partial charge < -0.3 is 9.84 Å². The molecule has 0 unspecified atom stereocenters. The minimum Gasteiger partial charge on any atom is -0.400 e. The highest BCUT2D eigenvalue weighted by Gasteiger charge is 2.16. The molecule has 0 aliphatic heterocycles. The lowest BCUT2D eigenvalue weighted by Gasteiger charge is -2.25. The minimum absolute atomic E-state index is 0.891. The van der Waals surface area contributed by atoms with Gasteiger partial charge in [-0.15, -0.1) is 0 Å². The lowest BCUT2D eigenvalue weighted by molar-refractivity contribution is 0.0508. The normalized spacial score (nSPS) is 22.9. The van der Waals surface area contributed by atoms with Gasteiger partial charge in [0.1, 0.15) is 0 Å². The van der Waals surface area contributed by atoms with E-state index in [9.17, 15) is 0 Å². The molecule has 2 fully saturated rings. The van der Waals surface area contributed by atoms with Crippen LogP contribution in [0.3, 0.4) is 0 Å². The molecule has 0 bridgehead atoms. The Kier molecular flexibility index (Phi) is 8.72. The molecule has 0 aromatic carbocycles. The van der Waals surface area contributed by atoms with Crippen molar-refractivity contribution in [2.24, 2.45) is 11.8 Å². The van der Waals surface area contributed by atoms with Crippen LogP contribution in [0, 0.1) is 11.8 Å². The second-order valence-corrected chi connectivity index (χ2v) is 5.55. The zero-order chi connectivity index (χ0) is 12.3. The van der Waals surface area contributed by atoms with Crippen molar-refractivity contribution < 1.29 is 9.84 Å². The first kappa shape index (κ1) is 15.0. The highest BCUT2D eigenvalue weighted by Crippen LogP contribution is 2.26. The number of hydrogen-bond acceptors (Lipinski definition) is 2. The fraction of sp³-hybridized carbons (Fsp3) is 1.00. The van der Waals surface area contributed by atoms with Gasteiger partial charge in [-0.3, -0.25) is 0 Å².